The van der Waals surface area contributed by atoms with Crippen LogP contribution < -0.4 is 43.9 Å². The zero-order valence-corrected chi connectivity index (χ0v) is 49.9. The molecule has 0 aromatic heterocycles. The molecule has 1 saturated heterocycles. The maximum absolute atomic E-state index is 14.6. The highest BCUT2D eigenvalue weighted by molar-refractivity contribution is 6.07. The fourth-order valence-corrected chi connectivity index (χ4v) is 12.3. The topological polar surface area (TPSA) is 320 Å². The highest BCUT2D eigenvalue weighted by atomic mass is 16.6. The number of methoxy groups -OCH3 is 1. The number of urea groups is 1. The van der Waals surface area contributed by atoms with Crippen molar-refractivity contribution in [3.05, 3.63) is 42.0 Å². The van der Waals surface area contributed by atoms with E-state index in [0.717, 1.165) is 10.6 Å². The highest BCUT2D eigenvalue weighted by Crippen LogP contribution is 2.74. The van der Waals surface area contributed by atoms with Gasteiger partial charge >= 0.3 is 12.1 Å². The number of hydrogen-bond acceptors (Lipinski definition) is 13. The van der Waals surface area contributed by atoms with Crippen molar-refractivity contribution in [1.82, 2.24) is 36.2 Å². The van der Waals surface area contributed by atoms with E-state index in [-0.39, 0.29) is 44.2 Å². The number of fused-ring (bicyclic) bond motifs is 1. The Kier molecular flexibility index (Phi) is 24.1. The minimum absolute atomic E-state index is 0.0638. The van der Waals surface area contributed by atoms with Gasteiger partial charge in [0.1, 0.15) is 30.8 Å². The largest absolute Gasteiger partial charge is 0.445 e. The van der Waals surface area contributed by atoms with Crippen LogP contribution in [0.15, 0.2) is 36.4 Å². The number of imide groups is 1. The molecule has 0 spiro atoms. The predicted molar refractivity (Wildman–Crippen MR) is 301 cm³/mol. The van der Waals surface area contributed by atoms with Crippen LogP contribution in [-0.2, 0) is 49.6 Å². The maximum atomic E-state index is 14.6. The first kappa shape index (κ1) is 67.1. The van der Waals surface area contributed by atoms with Crippen LogP contribution in [0, 0.1) is 51.8 Å². The Labute approximate surface area is 468 Å². The molecule has 2 fully saturated rings. The Balaban J connectivity index is 1.78. The third kappa shape index (κ3) is 14.6. The molecule has 3 rings (SSSR count). The van der Waals surface area contributed by atoms with E-state index in [1.54, 1.807) is 72.9 Å². The monoisotopic (exact) mass is 1110 g/mol. The van der Waals surface area contributed by atoms with E-state index in [4.69, 9.17) is 26.7 Å². The third-order valence-corrected chi connectivity index (χ3v) is 17.6. The van der Waals surface area contributed by atoms with Gasteiger partial charge in [-0.2, -0.15) is 0 Å². The van der Waals surface area contributed by atoms with Crippen LogP contribution in [0.2, 0.25) is 0 Å². The van der Waals surface area contributed by atoms with Gasteiger partial charge in [0.15, 0.2) is 0 Å². The van der Waals surface area contributed by atoms with Crippen LogP contribution in [0.25, 0.3) is 0 Å². The van der Waals surface area contributed by atoms with Crippen molar-refractivity contribution >= 4 is 59.2 Å². The predicted octanol–water partition coefficient (Wildman–Crippen LogP) is 4.55. The number of hydrazine groups is 1. The van der Waals surface area contributed by atoms with Crippen molar-refractivity contribution in [2.75, 3.05) is 39.6 Å². The number of allylic oxidation sites excluding steroid dienone is 1. The first-order valence-corrected chi connectivity index (χ1v) is 27.8. The highest BCUT2D eigenvalue weighted by Gasteiger charge is 2.76. The van der Waals surface area contributed by atoms with Gasteiger partial charge in [0.25, 0.3) is 0 Å². The second-order valence-corrected chi connectivity index (χ2v) is 23.5. The Morgan fingerprint density at radius 1 is 0.810 bits per heavy atom. The number of amides is 10. The van der Waals surface area contributed by atoms with E-state index < -0.39 is 130 Å². The summed E-state index contributed by atoms with van der Waals surface area (Å²) in [6.07, 6.45) is 0.552. The van der Waals surface area contributed by atoms with Crippen molar-refractivity contribution < 1.29 is 52.6 Å². The number of benzene rings is 1. The molecule has 1 aliphatic carbocycles. The summed E-state index contributed by atoms with van der Waals surface area (Å²) in [5.41, 5.74) is 19.6. The molecule has 12 atom stereocenters. The average molecular weight is 1110 g/mol. The maximum Gasteiger partial charge on any atom is 0.410 e. The summed E-state index contributed by atoms with van der Waals surface area (Å²) < 4.78 is 11.3. The summed E-state index contributed by atoms with van der Waals surface area (Å²) >= 11 is 0. The SMILES string of the molecule is C=C(C)C1(C)C2C(=O)N(N[C@H](C(=O)N[C@@H](CCCNC(N)=O)C(=O)Nc3ccc(COC(=O)N(C)[C@H](C(=O)N[C@H](C(=O)N(C)[C@@H]([C@@H](C)CC)[C@@H](CC(N)=O)OC)C(C)C)C(C)C)cc3)C(C)C)C(=O)C2C(C)(CC)C1(C)CCN. The van der Waals surface area contributed by atoms with Gasteiger partial charge in [-0.15, -0.1) is 0 Å². The first-order chi connectivity index (χ1) is 36.8. The Morgan fingerprint density at radius 2 is 1.39 bits per heavy atom. The minimum atomic E-state index is -1.16. The van der Waals surface area contributed by atoms with Crippen LogP contribution in [0.3, 0.4) is 0 Å². The Morgan fingerprint density at radius 3 is 1.87 bits per heavy atom. The number of ether oxygens (including phenoxy) is 2. The molecule has 0 radical (unpaired) electrons. The Bertz CT molecular complexity index is 2370. The van der Waals surface area contributed by atoms with E-state index in [0.29, 0.717) is 37.1 Å². The number of nitrogens with zero attached hydrogens (tertiary/aromatic N) is 3. The summed E-state index contributed by atoms with van der Waals surface area (Å²) in [5, 5.41) is 12.0. The van der Waals surface area contributed by atoms with Gasteiger partial charge in [-0.25, -0.2) is 20.0 Å². The normalized spacial score (nSPS) is 23.5. The number of anilines is 1. The van der Waals surface area contributed by atoms with Gasteiger partial charge in [-0.1, -0.05) is 114 Å². The molecule has 0 bridgehead atoms. The van der Waals surface area contributed by atoms with Crippen molar-refractivity contribution in [3.8, 4) is 0 Å². The van der Waals surface area contributed by atoms with Gasteiger partial charge in [0.05, 0.1) is 30.4 Å². The number of nitrogens with two attached hydrogens (primary N) is 3. The average Bonchev–Trinajstić information content (AvgIpc) is 3.88. The zero-order valence-electron chi connectivity index (χ0n) is 49.9. The molecule has 2 aliphatic rings. The van der Waals surface area contributed by atoms with Gasteiger partial charge < -0.3 is 52.8 Å². The third-order valence-electron chi connectivity index (χ3n) is 17.6. The molecule has 1 saturated carbocycles. The van der Waals surface area contributed by atoms with E-state index in [2.05, 4.69) is 40.2 Å². The lowest BCUT2D eigenvalue weighted by atomic mass is 9.52. The molecular formula is C57H95N11O11. The van der Waals surface area contributed by atoms with E-state index >= 15 is 0 Å². The van der Waals surface area contributed by atoms with Crippen LogP contribution in [-0.4, -0.2) is 139 Å². The van der Waals surface area contributed by atoms with Gasteiger partial charge in [-0.3, -0.25) is 38.5 Å². The zero-order chi connectivity index (χ0) is 60.2. The number of primary amides is 2. The lowest BCUT2D eigenvalue weighted by Crippen LogP contribution is -2.60. The van der Waals surface area contributed by atoms with Crippen molar-refractivity contribution in [1.29, 1.82) is 0 Å². The van der Waals surface area contributed by atoms with Crippen molar-refractivity contribution in [2.45, 2.75) is 171 Å². The molecule has 444 valence electrons. The van der Waals surface area contributed by atoms with Crippen LogP contribution in [0.1, 0.15) is 134 Å². The summed E-state index contributed by atoms with van der Waals surface area (Å²) in [4.78, 5) is 125. The van der Waals surface area contributed by atoms with E-state index in [9.17, 15) is 43.2 Å². The lowest BCUT2D eigenvalue weighted by Gasteiger charge is -2.52. The van der Waals surface area contributed by atoms with Crippen LogP contribution >= 0.6 is 0 Å². The fourth-order valence-electron chi connectivity index (χ4n) is 12.3. The molecule has 1 heterocycles. The minimum Gasteiger partial charge on any atom is -0.445 e. The molecule has 22 heteroatoms. The summed E-state index contributed by atoms with van der Waals surface area (Å²) in [7, 11) is 4.50. The van der Waals surface area contributed by atoms with Gasteiger partial charge in [0, 0.05) is 38.9 Å². The number of carbonyl (C=O) groups is 9. The smallest absolute Gasteiger partial charge is 0.410 e. The van der Waals surface area contributed by atoms with Crippen LogP contribution in [0.5, 0.6) is 0 Å². The molecule has 1 aromatic rings. The molecule has 1 aliphatic heterocycles. The molecular weight excluding hydrogens is 1010 g/mol. The quantitative estimate of drug-likeness (QED) is 0.0298. The molecule has 5 unspecified atom stereocenters. The molecule has 22 nitrogen and oxygen atoms in total. The Hall–Kier alpha value is -6.13. The van der Waals surface area contributed by atoms with Gasteiger partial charge in [0.2, 0.25) is 41.4 Å². The number of likely N-dealkylation sites (N-methyl/N-ethyl adjacent to an activating group) is 2. The van der Waals surface area contributed by atoms with E-state index in [1.807, 2.05) is 41.5 Å². The standard InChI is InChI=1S/C57H95N11O11/c1-18-35(11)46(39(78-17)29-40(59)69)66(15)52(75)44(32(5)6)64-49(72)45(33(7)8)67(16)54(77)79-30-36-22-24-37(25-23-36)62-47(70)38(21-20-28-61-53(60)76)63-48(71)43(31(3)4)65-68-50(73)41-42(51(68)74)57(14,34(9)10)56(13,26-27-58)55(41,12)19-2/h22-25,31-33,35,38-39,41-46,65H,9,18-21,26-30,58H2,1-8,10-17H3,(H2,59,69)(H,62,70)(H,63,71)(H,64,72)(H3,60,61,76)/t35-,38-,39+,41?,42?,43-,44-,45-,46-,55?,56?,57?/m0/s1. The van der Waals surface area contributed by atoms with Crippen molar-refractivity contribution in [2.24, 2.45) is 69.0 Å². The first-order valence-electron chi connectivity index (χ1n) is 27.8. The van der Waals surface area contributed by atoms with Crippen molar-refractivity contribution in [3.63, 3.8) is 0 Å². The summed E-state index contributed by atoms with van der Waals surface area (Å²) in [6.45, 7) is 29.1. The summed E-state index contributed by atoms with van der Waals surface area (Å²) in [6, 6.07) is 0.802. The summed E-state index contributed by atoms with van der Waals surface area (Å²) in [5.74, 6) is -6.46. The van der Waals surface area contributed by atoms with Crippen LogP contribution in [0.4, 0.5) is 15.3 Å². The lowest BCUT2D eigenvalue weighted by molar-refractivity contribution is -0.152. The number of hydrogen-bond donors (Lipinski definition) is 8. The second-order valence-electron chi connectivity index (χ2n) is 23.5. The molecule has 79 heavy (non-hydrogen) atoms. The number of nitrogens with one attached hydrogen (secondary N) is 5. The van der Waals surface area contributed by atoms with Gasteiger partial charge in [-0.05, 0) is 91.3 Å². The van der Waals surface area contributed by atoms with E-state index in [1.165, 1.54) is 24.0 Å². The number of carbonyl (C=O) groups excluding carboxylic acids is 9. The second kappa shape index (κ2) is 28.3. The fraction of sp³-hybridized carbons (Fsp3) is 0.702. The molecule has 11 N–H and O–H groups in total. The molecule has 1 aromatic carbocycles. The number of rotatable bonds is 30. The molecule has 10 amide bonds.